The summed E-state index contributed by atoms with van der Waals surface area (Å²) in [4.78, 5) is 28.7. The standard InChI is InChI=1S/C18H21N3O2S/c1-11-16(15-3-4-19-7-14(15)8-20-11)9-21-18(23)6-13-5-17(12(2)22)24-10-13/h5,8,10,19H,3-4,6-7,9H2,1-2H3,(H,21,23). The number of pyridine rings is 1. The zero-order valence-electron chi connectivity index (χ0n) is 13.9. The average molecular weight is 343 g/mol. The fourth-order valence-electron chi connectivity index (χ4n) is 2.97. The topological polar surface area (TPSA) is 71.1 Å². The minimum atomic E-state index is -0.0335. The molecule has 1 aliphatic heterocycles. The molecule has 0 fully saturated rings. The lowest BCUT2D eigenvalue weighted by Crippen LogP contribution is -2.29. The number of carbonyl (C=O) groups is 2. The van der Waals surface area contributed by atoms with Crippen molar-refractivity contribution in [2.45, 2.75) is 39.8 Å². The van der Waals surface area contributed by atoms with E-state index in [0.717, 1.165) is 36.3 Å². The number of amides is 1. The molecule has 1 aliphatic rings. The van der Waals surface area contributed by atoms with Crippen LogP contribution in [0.1, 0.15) is 44.5 Å². The molecule has 126 valence electrons. The van der Waals surface area contributed by atoms with Crippen LogP contribution in [0.2, 0.25) is 0 Å². The third-order valence-corrected chi connectivity index (χ3v) is 5.38. The van der Waals surface area contributed by atoms with E-state index in [9.17, 15) is 9.59 Å². The number of Topliss-reactive ketones (excluding diaryl/α,β-unsaturated/α-hetero) is 1. The minimum Gasteiger partial charge on any atom is -0.352 e. The third-order valence-electron chi connectivity index (χ3n) is 4.30. The third kappa shape index (κ3) is 3.71. The van der Waals surface area contributed by atoms with Gasteiger partial charge in [-0.15, -0.1) is 11.3 Å². The zero-order valence-corrected chi connectivity index (χ0v) is 14.8. The molecule has 0 bridgehead atoms. The summed E-state index contributed by atoms with van der Waals surface area (Å²) in [7, 11) is 0. The number of hydrogen-bond acceptors (Lipinski definition) is 5. The van der Waals surface area contributed by atoms with Gasteiger partial charge in [-0.2, -0.15) is 0 Å². The van der Waals surface area contributed by atoms with Crippen LogP contribution in [0.4, 0.5) is 0 Å². The normalized spacial score (nSPS) is 13.4. The van der Waals surface area contributed by atoms with Crippen molar-refractivity contribution in [3.63, 3.8) is 0 Å². The number of rotatable bonds is 5. The summed E-state index contributed by atoms with van der Waals surface area (Å²) >= 11 is 1.39. The van der Waals surface area contributed by atoms with Crippen molar-refractivity contribution in [3.05, 3.63) is 50.5 Å². The summed E-state index contributed by atoms with van der Waals surface area (Å²) in [5, 5.41) is 8.21. The zero-order chi connectivity index (χ0) is 17.1. The Bertz CT molecular complexity index is 783. The molecule has 24 heavy (non-hydrogen) atoms. The Balaban J connectivity index is 1.65. The molecule has 0 aliphatic carbocycles. The monoisotopic (exact) mass is 343 g/mol. The van der Waals surface area contributed by atoms with Gasteiger partial charge in [-0.3, -0.25) is 14.6 Å². The molecule has 6 heteroatoms. The SMILES string of the molecule is CC(=O)c1cc(CC(=O)NCc2c(C)ncc3c2CCNC3)cs1. The summed E-state index contributed by atoms with van der Waals surface area (Å²) in [5.74, 6) is 0.00622. The van der Waals surface area contributed by atoms with Crippen LogP contribution in [0.3, 0.4) is 0 Å². The molecule has 0 radical (unpaired) electrons. The van der Waals surface area contributed by atoms with Gasteiger partial charge in [0.15, 0.2) is 5.78 Å². The van der Waals surface area contributed by atoms with Crippen molar-refractivity contribution in [1.29, 1.82) is 0 Å². The number of nitrogens with one attached hydrogen (secondary N) is 2. The predicted octanol–water partition coefficient (Wildman–Crippen LogP) is 2.16. The molecule has 2 aromatic heterocycles. The summed E-state index contributed by atoms with van der Waals surface area (Å²) < 4.78 is 0. The van der Waals surface area contributed by atoms with Crippen LogP contribution in [0.5, 0.6) is 0 Å². The van der Waals surface area contributed by atoms with E-state index in [2.05, 4.69) is 15.6 Å². The Hall–Kier alpha value is -2.05. The smallest absolute Gasteiger partial charge is 0.224 e. The molecule has 0 unspecified atom stereocenters. The fraction of sp³-hybridized carbons (Fsp3) is 0.389. The minimum absolute atomic E-state index is 0.0335. The molecule has 0 atom stereocenters. The maximum absolute atomic E-state index is 12.2. The van der Waals surface area contributed by atoms with E-state index < -0.39 is 0 Å². The molecule has 1 amide bonds. The predicted molar refractivity (Wildman–Crippen MR) is 94.3 cm³/mol. The van der Waals surface area contributed by atoms with Crippen molar-refractivity contribution < 1.29 is 9.59 Å². The lowest BCUT2D eigenvalue weighted by atomic mass is 9.96. The van der Waals surface area contributed by atoms with Crippen LogP contribution in [0, 0.1) is 6.92 Å². The van der Waals surface area contributed by atoms with Crippen molar-refractivity contribution in [2.75, 3.05) is 6.54 Å². The number of carbonyl (C=O) groups excluding carboxylic acids is 2. The second-order valence-electron chi connectivity index (χ2n) is 6.08. The van der Waals surface area contributed by atoms with E-state index in [1.165, 1.54) is 22.5 Å². The van der Waals surface area contributed by atoms with Crippen molar-refractivity contribution in [1.82, 2.24) is 15.6 Å². The van der Waals surface area contributed by atoms with Crippen LogP contribution in [-0.2, 0) is 30.7 Å². The lowest BCUT2D eigenvalue weighted by molar-refractivity contribution is -0.120. The summed E-state index contributed by atoms with van der Waals surface area (Å²) in [5.41, 5.74) is 5.54. The van der Waals surface area contributed by atoms with Crippen LogP contribution in [0.15, 0.2) is 17.6 Å². The highest BCUT2D eigenvalue weighted by Gasteiger charge is 2.16. The number of nitrogens with zero attached hydrogens (tertiary/aromatic N) is 1. The van der Waals surface area contributed by atoms with Gasteiger partial charge >= 0.3 is 0 Å². The largest absolute Gasteiger partial charge is 0.352 e. The molecular weight excluding hydrogens is 322 g/mol. The first-order valence-corrected chi connectivity index (χ1v) is 8.94. The van der Waals surface area contributed by atoms with Gasteiger partial charge in [-0.05, 0) is 60.5 Å². The molecule has 0 aromatic carbocycles. The van der Waals surface area contributed by atoms with Gasteiger partial charge in [0.05, 0.1) is 11.3 Å². The Labute approximate surface area is 145 Å². The first kappa shape index (κ1) is 16.8. The van der Waals surface area contributed by atoms with Gasteiger partial charge in [-0.1, -0.05) is 0 Å². The first-order valence-electron chi connectivity index (χ1n) is 8.06. The van der Waals surface area contributed by atoms with Crippen LogP contribution in [0.25, 0.3) is 0 Å². The Morgan fingerprint density at radius 1 is 1.42 bits per heavy atom. The highest BCUT2D eigenvalue weighted by atomic mass is 32.1. The van der Waals surface area contributed by atoms with Gasteiger partial charge in [0, 0.05) is 25.0 Å². The number of thiophene rings is 1. The maximum atomic E-state index is 12.2. The molecule has 0 saturated heterocycles. The van der Waals surface area contributed by atoms with E-state index in [-0.39, 0.29) is 11.7 Å². The molecule has 2 aromatic rings. The quantitative estimate of drug-likeness (QED) is 0.816. The molecule has 2 N–H and O–H groups in total. The molecule has 3 rings (SSSR count). The summed E-state index contributed by atoms with van der Waals surface area (Å²) in [6.45, 7) is 5.83. The van der Waals surface area contributed by atoms with E-state index in [0.29, 0.717) is 17.8 Å². The number of hydrogen-bond donors (Lipinski definition) is 2. The van der Waals surface area contributed by atoms with Crippen LogP contribution < -0.4 is 10.6 Å². The Kier molecular flexibility index (Phi) is 5.06. The number of aryl methyl sites for hydroxylation is 1. The van der Waals surface area contributed by atoms with E-state index >= 15 is 0 Å². The summed E-state index contributed by atoms with van der Waals surface area (Å²) in [6, 6.07) is 1.80. The maximum Gasteiger partial charge on any atom is 0.224 e. The molecule has 0 spiro atoms. The highest BCUT2D eigenvalue weighted by Crippen LogP contribution is 2.20. The second kappa shape index (κ2) is 7.23. The first-order chi connectivity index (χ1) is 11.5. The molecular formula is C18H21N3O2S. The number of fused-ring (bicyclic) bond motifs is 1. The molecule has 5 nitrogen and oxygen atoms in total. The van der Waals surface area contributed by atoms with E-state index in [1.807, 2.05) is 18.5 Å². The molecule has 0 saturated carbocycles. The van der Waals surface area contributed by atoms with E-state index in [4.69, 9.17) is 0 Å². The molecule has 3 heterocycles. The Morgan fingerprint density at radius 3 is 3.00 bits per heavy atom. The van der Waals surface area contributed by atoms with Crippen molar-refractivity contribution in [2.24, 2.45) is 0 Å². The van der Waals surface area contributed by atoms with Gasteiger partial charge in [-0.25, -0.2) is 0 Å². The lowest BCUT2D eigenvalue weighted by Gasteiger charge is -2.21. The fourth-order valence-corrected chi connectivity index (χ4v) is 3.78. The Morgan fingerprint density at radius 2 is 2.25 bits per heavy atom. The van der Waals surface area contributed by atoms with Crippen LogP contribution in [-0.4, -0.2) is 23.2 Å². The number of ketones is 1. The average Bonchev–Trinajstić information content (AvgIpc) is 3.02. The van der Waals surface area contributed by atoms with Gasteiger partial charge in [0.25, 0.3) is 0 Å². The van der Waals surface area contributed by atoms with E-state index in [1.54, 1.807) is 13.0 Å². The van der Waals surface area contributed by atoms with Gasteiger partial charge in [0.1, 0.15) is 0 Å². The second-order valence-corrected chi connectivity index (χ2v) is 6.99. The van der Waals surface area contributed by atoms with Crippen LogP contribution >= 0.6 is 11.3 Å². The summed E-state index contributed by atoms with van der Waals surface area (Å²) in [6.07, 6.45) is 3.19. The highest BCUT2D eigenvalue weighted by molar-refractivity contribution is 7.12. The van der Waals surface area contributed by atoms with Crippen molar-refractivity contribution in [3.8, 4) is 0 Å². The van der Waals surface area contributed by atoms with Gasteiger partial charge in [0.2, 0.25) is 5.91 Å². The van der Waals surface area contributed by atoms with Gasteiger partial charge < -0.3 is 10.6 Å². The number of aromatic nitrogens is 1. The van der Waals surface area contributed by atoms with Crippen molar-refractivity contribution >= 4 is 23.0 Å².